The van der Waals surface area contributed by atoms with Gasteiger partial charge in [0.2, 0.25) is 0 Å². The molecule has 0 aromatic rings. The van der Waals surface area contributed by atoms with Crippen molar-refractivity contribution in [3.8, 4) is 0 Å². The smallest absolute Gasteiger partial charge is 0.154 e. The van der Waals surface area contributed by atoms with Gasteiger partial charge in [-0.2, -0.15) is 0 Å². The topological polar surface area (TPSA) is 29.5 Å². The fourth-order valence-electron chi connectivity index (χ4n) is 0.724. The number of rotatable bonds is 0. The molecule has 1 N–H and O–H groups in total. The van der Waals surface area contributed by atoms with E-state index in [0.717, 1.165) is 25.9 Å². The lowest BCUT2D eigenvalue weighted by atomic mass is 10.2. The van der Waals surface area contributed by atoms with Crippen LogP contribution in [0.15, 0.2) is 13.2 Å². The highest BCUT2D eigenvalue weighted by Gasteiger charge is 2.07. The van der Waals surface area contributed by atoms with Crippen LogP contribution in [0.4, 0.5) is 0 Å². The zero-order chi connectivity index (χ0) is 7.11. The Balaban J connectivity index is 0.000000291. The van der Waals surface area contributed by atoms with E-state index in [-0.39, 0.29) is 0 Å². The molecular weight excluding hydrogens is 116 g/mol. The molecule has 0 amide bonds. The second-order valence-electron chi connectivity index (χ2n) is 1.82. The lowest BCUT2D eigenvalue weighted by Gasteiger charge is -2.16. The molecule has 1 rings (SSSR count). The van der Waals surface area contributed by atoms with Crippen LogP contribution in [0.25, 0.3) is 0 Å². The summed E-state index contributed by atoms with van der Waals surface area (Å²) in [6, 6.07) is 0. The molecular formula is C7H14O2. The Morgan fingerprint density at radius 2 is 2.00 bits per heavy atom. The van der Waals surface area contributed by atoms with Gasteiger partial charge in [-0.1, -0.05) is 0 Å². The highest BCUT2D eigenvalue weighted by Crippen LogP contribution is 2.08. The molecule has 0 unspecified atom stereocenters. The van der Waals surface area contributed by atoms with Gasteiger partial charge in [0, 0.05) is 6.61 Å². The molecule has 0 radical (unpaired) electrons. The maximum atomic E-state index is 8.69. The third-order valence-electron chi connectivity index (χ3n) is 1.16. The molecule has 1 aliphatic rings. The summed E-state index contributed by atoms with van der Waals surface area (Å²) in [5, 5.41) is 8.69. The molecule has 0 bridgehead atoms. The molecule has 0 saturated carbocycles. The lowest BCUT2D eigenvalue weighted by Crippen LogP contribution is -2.17. The first kappa shape index (κ1) is 8.66. The van der Waals surface area contributed by atoms with Crippen LogP contribution in [0.5, 0.6) is 0 Å². The van der Waals surface area contributed by atoms with Gasteiger partial charge in [-0.25, -0.2) is 0 Å². The molecule has 0 spiro atoms. The monoisotopic (exact) mass is 130 g/mol. The first-order chi connectivity index (χ1) is 4.39. The van der Waals surface area contributed by atoms with Gasteiger partial charge >= 0.3 is 0 Å². The van der Waals surface area contributed by atoms with Crippen LogP contribution in [0.2, 0.25) is 0 Å². The van der Waals surface area contributed by atoms with Crippen LogP contribution in [-0.2, 0) is 4.74 Å². The minimum atomic E-state index is -0.464. The zero-order valence-corrected chi connectivity index (χ0v) is 5.68. The summed E-state index contributed by atoms with van der Waals surface area (Å²) in [5.74, 6) is 0. The Morgan fingerprint density at radius 3 is 2.22 bits per heavy atom. The van der Waals surface area contributed by atoms with Crippen molar-refractivity contribution in [3.63, 3.8) is 0 Å². The Bertz CT molecular complexity index is 57.9. The third kappa shape index (κ3) is 4.18. The Labute approximate surface area is 56.1 Å². The van der Waals surface area contributed by atoms with Crippen LogP contribution in [0, 0.1) is 0 Å². The van der Waals surface area contributed by atoms with Crippen molar-refractivity contribution in [3.05, 3.63) is 13.2 Å². The quantitative estimate of drug-likeness (QED) is 0.501. The molecule has 0 aromatic carbocycles. The minimum Gasteiger partial charge on any atom is -0.368 e. The van der Waals surface area contributed by atoms with E-state index in [0.29, 0.717) is 0 Å². The van der Waals surface area contributed by atoms with E-state index in [2.05, 4.69) is 13.2 Å². The Morgan fingerprint density at radius 1 is 1.33 bits per heavy atom. The normalized spacial score (nSPS) is 26.1. The molecule has 2 nitrogen and oxygen atoms in total. The molecule has 1 fully saturated rings. The highest BCUT2D eigenvalue weighted by atomic mass is 16.6. The summed E-state index contributed by atoms with van der Waals surface area (Å²) >= 11 is 0. The molecule has 1 saturated heterocycles. The van der Waals surface area contributed by atoms with Crippen molar-refractivity contribution >= 4 is 0 Å². The first-order valence-electron chi connectivity index (χ1n) is 3.19. The van der Waals surface area contributed by atoms with E-state index in [1.54, 1.807) is 0 Å². The van der Waals surface area contributed by atoms with E-state index >= 15 is 0 Å². The molecule has 1 heterocycles. The van der Waals surface area contributed by atoms with Gasteiger partial charge in [-0.3, -0.25) is 0 Å². The van der Waals surface area contributed by atoms with Gasteiger partial charge in [-0.05, 0) is 19.3 Å². The number of aliphatic hydroxyl groups excluding tert-OH is 1. The fourth-order valence-corrected chi connectivity index (χ4v) is 0.724. The summed E-state index contributed by atoms with van der Waals surface area (Å²) in [5.41, 5.74) is 0. The van der Waals surface area contributed by atoms with Gasteiger partial charge < -0.3 is 9.84 Å². The zero-order valence-electron chi connectivity index (χ0n) is 5.68. The van der Waals surface area contributed by atoms with Gasteiger partial charge in [-0.15, -0.1) is 13.2 Å². The number of hydrogen-bond donors (Lipinski definition) is 1. The van der Waals surface area contributed by atoms with E-state index in [9.17, 15) is 0 Å². The predicted molar refractivity (Wildman–Crippen MR) is 37.1 cm³/mol. The molecule has 54 valence electrons. The summed E-state index contributed by atoms with van der Waals surface area (Å²) in [6.07, 6.45) is 2.58. The van der Waals surface area contributed by atoms with E-state index in [1.807, 2.05) is 0 Å². The maximum Gasteiger partial charge on any atom is 0.154 e. The number of hydrogen-bond acceptors (Lipinski definition) is 2. The largest absolute Gasteiger partial charge is 0.368 e. The first-order valence-corrected chi connectivity index (χ1v) is 3.19. The van der Waals surface area contributed by atoms with Crippen molar-refractivity contribution in [1.29, 1.82) is 0 Å². The Kier molecular flexibility index (Phi) is 5.57. The van der Waals surface area contributed by atoms with Crippen molar-refractivity contribution < 1.29 is 9.84 Å². The van der Waals surface area contributed by atoms with Gasteiger partial charge in [0.1, 0.15) is 0 Å². The summed E-state index contributed by atoms with van der Waals surface area (Å²) in [7, 11) is 0. The fraction of sp³-hybridized carbons (Fsp3) is 0.714. The maximum absolute atomic E-state index is 8.69. The highest BCUT2D eigenvalue weighted by molar-refractivity contribution is 4.50. The van der Waals surface area contributed by atoms with E-state index in [1.165, 1.54) is 0 Å². The van der Waals surface area contributed by atoms with Crippen molar-refractivity contribution in [2.24, 2.45) is 0 Å². The molecule has 0 aliphatic carbocycles. The van der Waals surface area contributed by atoms with Gasteiger partial charge in [0.15, 0.2) is 6.29 Å². The summed E-state index contributed by atoms with van der Waals surface area (Å²) in [6.45, 7) is 6.74. The van der Waals surface area contributed by atoms with Crippen LogP contribution < -0.4 is 0 Å². The third-order valence-corrected chi connectivity index (χ3v) is 1.16. The van der Waals surface area contributed by atoms with Crippen molar-refractivity contribution in [1.82, 2.24) is 0 Å². The summed E-state index contributed by atoms with van der Waals surface area (Å²) < 4.78 is 4.83. The van der Waals surface area contributed by atoms with Crippen LogP contribution in [0.3, 0.4) is 0 Å². The molecule has 1 aliphatic heterocycles. The van der Waals surface area contributed by atoms with Crippen LogP contribution >= 0.6 is 0 Å². The standard InChI is InChI=1S/C5H10O2.C2H4/c6-5-3-1-2-4-7-5;1-2/h5-6H,1-4H2;1-2H2/t5-;/m1./s1. The Hall–Kier alpha value is -0.340. The van der Waals surface area contributed by atoms with Crippen molar-refractivity contribution in [2.75, 3.05) is 6.61 Å². The molecule has 9 heavy (non-hydrogen) atoms. The van der Waals surface area contributed by atoms with Gasteiger partial charge in [0.25, 0.3) is 0 Å². The second-order valence-corrected chi connectivity index (χ2v) is 1.82. The molecule has 2 heteroatoms. The number of ether oxygens (including phenoxy) is 1. The van der Waals surface area contributed by atoms with Crippen LogP contribution in [-0.4, -0.2) is 18.0 Å². The lowest BCUT2D eigenvalue weighted by molar-refractivity contribution is -0.123. The molecule has 1 atom stereocenters. The number of aliphatic hydroxyl groups is 1. The van der Waals surface area contributed by atoms with Crippen LogP contribution in [0.1, 0.15) is 19.3 Å². The average Bonchev–Trinajstić information content (AvgIpc) is 1.94. The second kappa shape index (κ2) is 5.79. The molecule has 0 aromatic heterocycles. The van der Waals surface area contributed by atoms with E-state index < -0.39 is 6.29 Å². The average molecular weight is 130 g/mol. The van der Waals surface area contributed by atoms with Crippen molar-refractivity contribution in [2.45, 2.75) is 25.6 Å². The SMILES string of the molecule is C=C.O[C@H]1CCCCO1. The minimum absolute atomic E-state index is 0.464. The summed E-state index contributed by atoms with van der Waals surface area (Å²) in [4.78, 5) is 0. The van der Waals surface area contributed by atoms with E-state index in [4.69, 9.17) is 9.84 Å². The predicted octanol–water partition coefficient (Wildman–Crippen LogP) is 1.31. The van der Waals surface area contributed by atoms with Gasteiger partial charge in [0.05, 0.1) is 0 Å².